The largest absolute Gasteiger partial charge is 0.304 e. The molecule has 0 radical (unpaired) electrons. The summed E-state index contributed by atoms with van der Waals surface area (Å²) in [6, 6.07) is 5.91. The van der Waals surface area contributed by atoms with Crippen LogP contribution in [0.1, 0.15) is 24.4 Å². The Balaban J connectivity index is 2.24. The molecule has 2 rings (SSSR count). The van der Waals surface area contributed by atoms with E-state index in [1.54, 1.807) is 12.1 Å². The van der Waals surface area contributed by atoms with E-state index in [4.69, 9.17) is 0 Å². The number of hydrogen-bond acceptors (Lipinski definition) is 2. The van der Waals surface area contributed by atoms with E-state index in [-0.39, 0.29) is 17.6 Å². The van der Waals surface area contributed by atoms with E-state index in [0.29, 0.717) is 6.42 Å². The molecule has 2 nitrogen and oxygen atoms in total. The minimum absolute atomic E-state index is 0.154. The first kappa shape index (κ1) is 9.34. The fourth-order valence-electron chi connectivity index (χ4n) is 1.76. The summed E-state index contributed by atoms with van der Waals surface area (Å²) in [5, 5.41) is 3.10. The van der Waals surface area contributed by atoms with Crippen LogP contribution in [0.15, 0.2) is 24.3 Å². The Labute approximate surface area is 82.1 Å². The van der Waals surface area contributed by atoms with Crippen LogP contribution in [0.25, 0.3) is 0 Å². The minimum atomic E-state index is -0.306. The Morgan fingerprint density at radius 2 is 2.29 bits per heavy atom. The van der Waals surface area contributed by atoms with E-state index in [1.807, 2.05) is 0 Å². The van der Waals surface area contributed by atoms with Crippen molar-refractivity contribution < 1.29 is 9.18 Å². The third-order valence-electron chi connectivity index (χ3n) is 2.45. The molecule has 0 amide bonds. The predicted molar refractivity (Wildman–Crippen MR) is 51.4 cm³/mol. The zero-order chi connectivity index (χ0) is 9.97. The van der Waals surface area contributed by atoms with Gasteiger partial charge in [-0.25, -0.2) is 4.39 Å². The first-order chi connectivity index (χ1) is 6.77. The van der Waals surface area contributed by atoms with Crippen LogP contribution in [0.4, 0.5) is 4.39 Å². The van der Waals surface area contributed by atoms with Gasteiger partial charge in [-0.05, 0) is 30.7 Å². The highest BCUT2D eigenvalue weighted by Gasteiger charge is 2.23. The molecule has 1 saturated heterocycles. The normalized spacial score (nSPS) is 22.4. The number of piperidine rings is 1. The van der Waals surface area contributed by atoms with Crippen molar-refractivity contribution in [3.8, 4) is 0 Å². The van der Waals surface area contributed by atoms with Gasteiger partial charge in [0, 0.05) is 6.42 Å². The highest BCUT2D eigenvalue weighted by Crippen LogP contribution is 2.20. The van der Waals surface area contributed by atoms with E-state index >= 15 is 0 Å². The summed E-state index contributed by atoms with van der Waals surface area (Å²) < 4.78 is 12.9. The van der Waals surface area contributed by atoms with Gasteiger partial charge < -0.3 is 5.32 Å². The number of carbonyl (C=O) groups excluding carboxylic acids is 1. The molecule has 74 valence electrons. The second-order valence-corrected chi connectivity index (χ2v) is 3.51. The third-order valence-corrected chi connectivity index (χ3v) is 2.45. The van der Waals surface area contributed by atoms with Crippen molar-refractivity contribution in [3.05, 3.63) is 35.6 Å². The number of benzene rings is 1. The molecule has 0 spiro atoms. The van der Waals surface area contributed by atoms with E-state index in [1.165, 1.54) is 12.1 Å². The summed E-state index contributed by atoms with van der Waals surface area (Å²) in [7, 11) is 0. The zero-order valence-corrected chi connectivity index (χ0v) is 7.79. The number of halogens is 1. The fourth-order valence-corrected chi connectivity index (χ4v) is 1.76. The van der Waals surface area contributed by atoms with Gasteiger partial charge >= 0.3 is 0 Å². The predicted octanol–water partition coefficient (Wildman–Crippen LogP) is 1.82. The first-order valence-corrected chi connectivity index (χ1v) is 4.79. The average molecular weight is 193 g/mol. The molecule has 0 aliphatic carbocycles. The Hall–Kier alpha value is -1.22. The third kappa shape index (κ3) is 1.82. The second-order valence-electron chi connectivity index (χ2n) is 3.51. The number of Topliss-reactive ketones (excluding diaryl/α,β-unsaturated/α-hetero) is 1. The standard InChI is InChI=1S/C11H12FNO/c12-9-4-1-3-8(7-9)11-10(14)5-2-6-13-11/h1,3-4,7,11,13H,2,5-6H2. The number of ketones is 1. The second kappa shape index (κ2) is 3.88. The smallest absolute Gasteiger partial charge is 0.154 e. The quantitative estimate of drug-likeness (QED) is 0.737. The van der Waals surface area contributed by atoms with Crippen LogP contribution in [-0.2, 0) is 4.79 Å². The van der Waals surface area contributed by atoms with Gasteiger partial charge in [0.1, 0.15) is 5.82 Å². The van der Waals surface area contributed by atoms with Gasteiger partial charge in [-0.3, -0.25) is 4.79 Å². The van der Waals surface area contributed by atoms with Crippen molar-refractivity contribution in [2.45, 2.75) is 18.9 Å². The highest BCUT2D eigenvalue weighted by molar-refractivity contribution is 5.85. The van der Waals surface area contributed by atoms with Gasteiger partial charge in [0.05, 0.1) is 6.04 Å². The summed E-state index contributed by atoms with van der Waals surface area (Å²) in [4.78, 5) is 11.5. The zero-order valence-electron chi connectivity index (χ0n) is 7.79. The molecule has 1 aromatic carbocycles. The van der Waals surface area contributed by atoms with E-state index in [2.05, 4.69) is 5.32 Å². The molecule has 1 N–H and O–H groups in total. The van der Waals surface area contributed by atoms with Crippen LogP contribution in [0.3, 0.4) is 0 Å². The molecular weight excluding hydrogens is 181 g/mol. The van der Waals surface area contributed by atoms with Crippen LogP contribution >= 0.6 is 0 Å². The van der Waals surface area contributed by atoms with E-state index in [0.717, 1.165) is 18.5 Å². The van der Waals surface area contributed by atoms with Crippen LogP contribution in [0.5, 0.6) is 0 Å². The summed E-state index contributed by atoms with van der Waals surface area (Å²) >= 11 is 0. The lowest BCUT2D eigenvalue weighted by atomic mass is 9.96. The van der Waals surface area contributed by atoms with Crippen molar-refractivity contribution in [2.75, 3.05) is 6.54 Å². The maximum absolute atomic E-state index is 12.9. The molecule has 0 saturated carbocycles. The molecule has 1 heterocycles. The van der Waals surface area contributed by atoms with Crippen LogP contribution in [0.2, 0.25) is 0 Å². The Morgan fingerprint density at radius 3 is 3.00 bits per heavy atom. The van der Waals surface area contributed by atoms with Gasteiger partial charge in [0.25, 0.3) is 0 Å². The maximum Gasteiger partial charge on any atom is 0.154 e. The van der Waals surface area contributed by atoms with Crippen molar-refractivity contribution in [1.29, 1.82) is 0 Å². The number of carbonyl (C=O) groups is 1. The van der Waals surface area contributed by atoms with E-state index < -0.39 is 0 Å². The van der Waals surface area contributed by atoms with Crippen molar-refractivity contribution in [1.82, 2.24) is 5.32 Å². The van der Waals surface area contributed by atoms with Gasteiger partial charge in [-0.15, -0.1) is 0 Å². The lowest BCUT2D eigenvalue weighted by molar-refractivity contribution is -0.122. The molecule has 1 atom stereocenters. The molecule has 14 heavy (non-hydrogen) atoms. The summed E-state index contributed by atoms with van der Waals surface area (Å²) in [6.07, 6.45) is 1.47. The molecule has 1 fully saturated rings. The Bertz CT molecular complexity index is 351. The topological polar surface area (TPSA) is 29.1 Å². The number of hydrogen-bond donors (Lipinski definition) is 1. The SMILES string of the molecule is O=C1CCCNC1c1cccc(F)c1. The number of rotatable bonds is 1. The Morgan fingerprint density at radius 1 is 1.43 bits per heavy atom. The lowest BCUT2D eigenvalue weighted by Crippen LogP contribution is -2.34. The molecule has 1 aliphatic rings. The van der Waals surface area contributed by atoms with Crippen LogP contribution < -0.4 is 5.32 Å². The van der Waals surface area contributed by atoms with Crippen molar-refractivity contribution in [3.63, 3.8) is 0 Å². The Kier molecular flexibility index (Phi) is 2.59. The molecule has 1 unspecified atom stereocenters. The molecule has 0 aromatic heterocycles. The summed E-state index contributed by atoms with van der Waals surface area (Å²) in [5.74, 6) is -0.135. The van der Waals surface area contributed by atoms with Gasteiger partial charge in [0.2, 0.25) is 0 Å². The monoisotopic (exact) mass is 193 g/mol. The van der Waals surface area contributed by atoms with Crippen LogP contribution in [0, 0.1) is 5.82 Å². The minimum Gasteiger partial charge on any atom is -0.304 e. The average Bonchev–Trinajstić information content (AvgIpc) is 2.18. The van der Waals surface area contributed by atoms with Crippen LogP contribution in [-0.4, -0.2) is 12.3 Å². The number of nitrogens with one attached hydrogen (secondary N) is 1. The van der Waals surface area contributed by atoms with Gasteiger partial charge in [-0.2, -0.15) is 0 Å². The summed E-state index contributed by atoms with van der Waals surface area (Å²) in [5.41, 5.74) is 0.731. The lowest BCUT2D eigenvalue weighted by Gasteiger charge is -2.22. The highest BCUT2D eigenvalue weighted by atomic mass is 19.1. The molecule has 3 heteroatoms. The summed E-state index contributed by atoms with van der Waals surface area (Å²) in [6.45, 7) is 0.826. The molecule has 1 aliphatic heterocycles. The molecule has 0 bridgehead atoms. The van der Waals surface area contributed by atoms with E-state index in [9.17, 15) is 9.18 Å². The molecule has 1 aromatic rings. The first-order valence-electron chi connectivity index (χ1n) is 4.79. The molecular formula is C11H12FNO. The fraction of sp³-hybridized carbons (Fsp3) is 0.364. The van der Waals surface area contributed by atoms with Crippen molar-refractivity contribution >= 4 is 5.78 Å². The van der Waals surface area contributed by atoms with Gasteiger partial charge in [0.15, 0.2) is 5.78 Å². The maximum atomic E-state index is 12.9. The van der Waals surface area contributed by atoms with Gasteiger partial charge in [-0.1, -0.05) is 12.1 Å². The van der Waals surface area contributed by atoms with Crippen molar-refractivity contribution in [2.24, 2.45) is 0 Å².